The number of aromatic nitrogens is 2. The van der Waals surface area contributed by atoms with E-state index >= 15 is 0 Å². The summed E-state index contributed by atoms with van der Waals surface area (Å²) >= 11 is 0. The number of amides is 1. The topological polar surface area (TPSA) is 64.0 Å². The van der Waals surface area contributed by atoms with Crippen LogP contribution in [0.2, 0.25) is 0 Å². The van der Waals surface area contributed by atoms with Gasteiger partial charge in [0, 0.05) is 5.69 Å². The van der Waals surface area contributed by atoms with Crippen molar-refractivity contribution in [1.29, 1.82) is 0 Å². The molecule has 1 aliphatic carbocycles. The highest BCUT2D eigenvalue weighted by Gasteiger charge is 2.13. The number of rotatable bonds is 3. The minimum Gasteiger partial charge on any atom is -0.325 e. The number of para-hydroxylation sites is 1. The number of benzene rings is 2. The molecule has 1 aromatic heterocycles. The maximum Gasteiger partial charge on any atom is 0.261 e. The van der Waals surface area contributed by atoms with Crippen LogP contribution in [0.3, 0.4) is 0 Å². The van der Waals surface area contributed by atoms with Crippen LogP contribution in [0.4, 0.5) is 5.69 Å². The molecule has 126 valence electrons. The van der Waals surface area contributed by atoms with Crippen LogP contribution in [0.15, 0.2) is 47.5 Å². The second kappa shape index (κ2) is 6.16. The van der Waals surface area contributed by atoms with Crippen LogP contribution in [0.1, 0.15) is 23.1 Å². The highest BCUT2D eigenvalue weighted by Crippen LogP contribution is 2.24. The van der Waals surface area contributed by atoms with E-state index in [4.69, 9.17) is 0 Å². The molecule has 2 aromatic carbocycles. The summed E-state index contributed by atoms with van der Waals surface area (Å²) < 4.78 is 1.35. The zero-order chi connectivity index (χ0) is 17.4. The molecule has 5 heteroatoms. The van der Waals surface area contributed by atoms with Gasteiger partial charge in [0.15, 0.2) is 0 Å². The van der Waals surface area contributed by atoms with Gasteiger partial charge in [-0.25, -0.2) is 4.98 Å². The number of carbonyl (C=O) groups excluding carboxylic acids is 1. The van der Waals surface area contributed by atoms with Crippen LogP contribution in [-0.2, 0) is 24.2 Å². The molecule has 0 aliphatic heterocycles. The maximum atomic E-state index is 12.6. The Morgan fingerprint density at radius 2 is 2.04 bits per heavy atom. The average Bonchev–Trinajstić information content (AvgIpc) is 3.06. The van der Waals surface area contributed by atoms with Crippen molar-refractivity contribution in [1.82, 2.24) is 9.55 Å². The molecule has 1 N–H and O–H groups in total. The minimum atomic E-state index is -0.228. The molecular formula is C20H19N3O2. The largest absolute Gasteiger partial charge is 0.325 e. The number of nitrogens with one attached hydrogen (secondary N) is 1. The lowest BCUT2D eigenvalue weighted by Gasteiger charge is -2.10. The number of carbonyl (C=O) groups is 1. The highest BCUT2D eigenvalue weighted by atomic mass is 16.2. The van der Waals surface area contributed by atoms with E-state index in [1.807, 2.05) is 31.2 Å². The monoisotopic (exact) mass is 333 g/mol. The SMILES string of the molecule is Cc1cccc2c(=O)n(CC(=O)Nc3ccc4c(c3)CCC4)cnc12. The first kappa shape index (κ1) is 15.6. The number of hydrogen-bond donors (Lipinski definition) is 1. The third kappa shape index (κ3) is 2.93. The number of nitrogens with zero attached hydrogens (tertiary/aromatic N) is 2. The molecule has 1 amide bonds. The maximum absolute atomic E-state index is 12.6. The van der Waals surface area contributed by atoms with E-state index in [9.17, 15) is 9.59 Å². The molecule has 3 aromatic rings. The molecule has 0 saturated carbocycles. The normalized spacial score (nSPS) is 13.0. The predicted molar refractivity (Wildman–Crippen MR) is 97.8 cm³/mol. The average molecular weight is 333 g/mol. The Kier molecular flexibility index (Phi) is 3.84. The lowest BCUT2D eigenvalue weighted by Crippen LogP contribution is -2.28. The van der Waals surface area contributed by atoms with Gasteiger partial charge in [-0.3, -0.25) is 14.2 Å². The van der Waals surface area contributed by atoms with Crippen molar-refractivity contribution in [3.63, 3.8) is 0 Å². The number of anilines is 1. The van der Waals surface area contributed by atoms with Gasteiger partial charge in [-0.05, 0) is 61.1 Å². The van der Waals surface area contributed by atoms with Crippen LogP contribution in [-0.4, -0.2) is 15.5 Å². The van der Waals surface area contributed by atoms with Gasteiger partial charge in [0.1, 0.15) is 6.54 Å². The van der Waals surface area contributed by atoms with E-state index in [1.54, 1.807) is 6.07 Å². The summed E-state index contributed by atoms with van der Waals surface area (Å²) in [5, 5.41) is 3.42. The molecule has 25 heavy (non-hydrogen) atoms. The van der Waals surface area contributed by atoms with Crippen molar-refractivity contribution in [2.75, 3.05) is 5.32 Å². The van der Waals surface area contributed by atoms with Crippen LogP contribution in [0.25, 0.3) is 10.9 Å². The first-order chi connectivity index (χ1) is 12.1. The molecule has 0 bridgehead atoms. The van der Waals surface area contributed by atoms with E-state index in [0.29, 0.717) is 10.9 Å². The Bertz CT molecular complexity index is 1040. The summed E-state index contributed by atoms with van der Waals surface area (Å²) in [6.45, 7) is 1.87. The summed E-state index contributed by atoms with van der Waals surface area (Å²) in [6.07, 6.45) is 4.79. The molecule has 0 spiro atoms. The van der Waals surface area contributed by atoms with E-state index in [-0.39, 0.29) is 18.0 Å². The standard InChI is InChI=1S/C20H19N3O2/c1-13-4-2-7-17-19(13)21-12-23(20(17)25)11-18(24)22-16-9-8-14-5-3-6-15(14)10-16/h2,4,7-10,12H,3,5-6,11H2,1H3,(H,22,24). The second-order valence-electron chi connectivity index (χ2n) is 6.53. The fourth-order valence-corrected chi connectivity index (χ4v) is 3.45. The van der Waals surface area contributed by atoms with Crippen LogP contribution in [0.5, 0.6) is 0 Å². The third-order valence-electron chi connectivity index (χ3n) is 4.75. The Labute approximate surface area is 145 Å². The molecule has 1 heterocycles. The second-order valence-corrected chi connectivity index (χ2v) is 6.53. The van der Waals surface area contributed by atoms with Gasteiger partial charge in [-0.1, -0.05) is 18.2 Å². The molecule has 1 aliphatic rings. The highest BCUT2D eigenvalue weighted by molar-refractivity contribution is 5.91. The number of fused-ring (bicyclic) bond motifs is 2. The lowest BCUT2D eigenvalue weighted by molar-refractivity contribution is -0.116. The first-order valence-electron chi connectivity index (χ1n) is 8.48. The Morgan fingerprint density at radius 1 is 1.20 bits per heavy atom. The quantitative estimate of drug-likeness (QED) is 0.801. The van der Waals surface area contributed by atoms with Gasteiger partial charge in [0.05, 0.1) is 17.2 Å². The zero-order valence-corrected chi connectivity index (χ0v) is 14.1. The Hall–Kier alpha value is -2.95. The first-order valence-corrected chi connectivity index (χ1v) is 8.48. The van der Waals surface area contributed by atoms with Gasteiger partial charge in [0.2, 0.25) is 5.91 Å². The molecule has 4 rings (SSSR count). The molecule has 0 radical (unpaired) electrons. The molecule has 5 nitrogen and oxygen atoms in total. The van der Waals surface area contributed by atoms with Crippen molar-refractivity contribution in [2.45, 2.75) is 32.7 Å². The predicted octanol–water partition coefficient (Wildman–Crippen LogP) is 2.83. The summed E-state index contributed by atoms with van der Waals surface area (Å²) in [7, 11) is 0. The molecular weight excluding hydrogens is 314 g/mol. The van der Waals surface area contributed by atoms with Crippen molar-refractivity contribution >= 4 is 22.5 Å². The van der Waals surface area contributed by atoms with Crippen LogP contribution < -0.4 is 10.9 Å². The summed E-state index contributed by atoms with van der Waals surface area (Å²) in [5.41, 5.74) is 4.88. The third-order valence-corrected chi connectivity index (χ3v) is 4.75. The van der Waals surface area contributed by atoms with Crippen LogP contribution in [0, 0.1) is 6.92 Å². The Morgan fingerprint density at radius 3 is 2.92 bits per heavy atom. The molecule has 0 fully saturated rings. The van der Waals surface area contributed by atoms with E-state index in [0.717, 1.165) is 24.1 Å². The lowest BCUT2D eigenvalue weighted by atomic mass is 10.1. The van der Waals surface area contributed by atoms with Gasteiger partial charge >= 0.3 is 0 Å². The van der Waals surface area contributed by atoms with Gasteiger partial charge < -0.3 is 5.32 Å². The minimum absolute atomic E-state index is 0.0488. The van der Waals surface area contributed by atoms with Gasteiger partial charge in [-0.2, -0.15) is 0 Å². The number of hydrogen-bond acceptors (Lipinski definition) is 3. The van der Waals surface area contributed by atoms with Crippen molar-refractivity contribution in [2.24, 2.45) is 0 Å². The van der Waals surface area contributed by atoms with Crippen molar-refractivity contribution in [3.05, 3.63) is 69.8 Å². The zero-order valence-electron chi connectivity index (χ0n) is 14.1. The fourth-order valence-electron chi connectivity index (χ4n) is 3.45. The number of aryl methyl sites for hydroxylation is 3. The van der Waals surface area contributed by atoms with Crippen LogP contribution >= 0.6 is 0 Å². The van der Waals surface area contributed by atoms with Gasteiger partial charge in [0.25, 0.3) is 5.56 Å². The summed E-state index contributed by atoms with van der Waals surface area (Å²) in [5.74, 6) is -0.228. The molecule has 0 unspecified atom stereocenters. The Balaban J connectivity index is 1.56. The summed E-state index contributed by atoms with van der Waals surface area (Å²) in [4.78, 5) is 29.2. The van der Waals surface area contributed by atoms with E-state index in [2.05, 4.69) is 16.4 Å². The van der Waals surface area contributed by atoms with E-state index < -0.39 is 0 Å². The van der Waals surface area contributed by atoms with Gasteiger partial charge in [-0.15, -0.1) is 0 Å². The summed E-state index contributed by atoms with van der Waals surface area (Å²) in [6, 6.07) is 11.5. The van der Waals surface area contributed by atoms with Crippen molar-refractivity contribution < 1.29 is 4.79 Å². The molecule has 0 atom stereocenters. The van der Waals surface area contributed by atoms with E-state index in [1.165, 1.54) is 28.4 Å². The fraction of sp³-hybridized carbons (Fsp3) is 0.250. The van der Waals surface area contributed by atoms with Crippen molar-refractivity contribution in [3.8, 4) is 0 Å². The smallest absolute Gasteiger partial charge is 0.261 e. The molecule has 0 saturated heterocycles.